The van der Waals surface area contributed by atoms with Crippen molar-refractivity contribution in [1.29, 1.82) is 0 Å². The van der Waals surface area contributed by atoms with Gasteiger partial charge in [-0.1, -0.05) is 18.7 Å². The Labute approximate surface area is 178 Å². The fourth-order valence-corrected chi connectivity index (χ4v) is 4.07. The summed E-state index contributed by atoms with van der Waals surface area (Å²) in [5.74, 6) is 0.0125. The van der Waals surface area contributed by atoms with Gasteiger partial charge in [-0.2, -0.15) is 18.3 Å². The van der Waals surface area contributed by atoms with Gasteiger partial charge >= 0.3 is 6.18 Å². The SMILES string of the molecule is CCS(=O)(=O)c1ccc(-n2cnc(SC)n2)nc1-n1cc2cnc(C(F)(F)F)cc2n1. The van der Waals surface area contributed by atoms with Gasteiger partial charge in [-0.3, -0.25) is 4.98 Å². The molecule has 0 aliphatic carbocycles. The van der Waals surface area contributed by atoms with Crippen molar-refractivity contribution in [2.45, 2.75) is 23.2 Å². The number of alkyl halides is 3. The van der Waals surface area contributed by atoms with Crippen molar-refractivity contribution in [2.24, 2.45) is 0 Å². The van der Waals surface area contributed by atoms with E-state index >= 15 is 0 Å². The number of pyridine rings is 2. The van der Waals surface area contributed by atoms with E-state index in [1.807, 2.05) is 0 Å². The van der Waals surface area contributed by atoms with Crippen LogP contribution in [-0.2, 0) is 16.0 Å². The molecular formula is C17H14F3N7O2S2. The molecule has 0 N–H and O–H groups in total. The Morgan fingerprint density at radius 3 is 2.55 bits per heavy atom. The van der Waals surface area contributed by atoms with E-state index in [0.29, 0.717) is 10.5 Å². The van der Waals surface area contributed by atoms with Gasteiger partial charge < -0.3 is 0 Å². The van der Waals surface area contributed by atoms with Crippen LogP contribution in [-0.4, -0.2) is 54.9 Å². The van der Waals surface area contributed by atoms with Crippen molar-refractivity contribution in [2.75, 3.05) is 12.0 Å². The summed E-state index contributed by atoms with van der Waals surface area (Å²) in [6.45, 7) is 1.48. The van der Waals surface area contributed by atoms with Gasteiger partial charge in [0.25, 0.3) is 0 Å². The van der Waals surface area contributed by atoms with Crippen LogP contribution in [0.15, 0.2) is 47.0 Å². The lowest BCUT2D eigenvalue weighted by molar-refractivity contribution is -0.141. The molecule has 4 aromatic rings. The predicted molar refractivity (Wildman–Crippen MR) is 106 cm³/mol. The molecule has 0 unspecified atom stereocenters. The molecule has 4 aromatic heterocycles. The van der Waals surface area contributed by atoms with Gasteiger partial charge in [0.05, 0.1) is 11.3 Å². The molecule has 0 aliphatic rings. The first-order chi connectivity index (χ1) is 14.6. The molecule has 0 saturated carbocycles. The van der Waals surface area contributed by atoms with Crippen molar-refractivity contribution in [1.82, 2.24) is 34.5 Å². The highest BCUT2D eigenvalue weighted by Gasteiger charge is 2.33. The molecule has 0 atom stereocenters. The van der Waals surface area contributed by atoms with E-state index in [0.717, 1.165) is 16.9 Å². The van der Waals surface area contributed by atoms with Gasteiger partial charge in [0.15, 0.2) is 21.5 Å². The van der Waals surface area contributed by atoms with Gasteiger partial charge in [-0.15, -0.1) is 5.10 Å². The molecule has 0 spiro atoms. The van der Waals surface area contributed by atoms with E-state index in [1.54, 1.807) is 6.26 Å². The maximum atomic E-state index is 13.0. The summed E-state index contributed by atoms with van der Waals surface area (Å²) >= 11 is 1.32. The van der Waals surface area contributed by atoms with Crippen LogP contribution in [0.25, 0.3) is 22.5 Å². The van der Waals surface area contributed by atoms with Crippen LogP contribution in [0.3, 0.4) is 0 Å². The van der Waals surface area contributed by atoms with Crippen molar-refractivity contribution < 1.29 is 21.6 Å². The highest BCUT2D eigenvalue weighted by molar-refractivity contribution is 7.98. The lowest BCUT2D eigenvalue weighted by Crippen LogP contribution is -2.13. The van der Waals surface area contributed by atoms with Crippen molar-refractivity contribution in [3.63, 3.8) is 0 Å². The molecule has 0 bridgehead atoms. The molecule has 0 aromatic carbocycles. The zero-order valence-corrected chi connectivity index (χ0v) is 17.7. The molecule has 9 nitrogen and oxygen atoms in total. The van der Waals surface area contributed by atoms with E-state index in [-0.39, 0.29) is 27.8 Å². The topological polar surface area (TPSA) is 108 Å². The Hall–Kier alpha value is -3.00. The van der Waals surface area contributed by atoms with Crippen LogP contribution < -0.4 is 0 Å². The molecule has 0 saturated heterocycles. The smallest absolute Gasteiger partial charge is 0.251 e. The van der Waals surface area contributed by atoms with Crippen molar-refractivity contribution in [3.8, 4) is 11.6 Å². The first kappa shape index (κ1) is 21.2. The number of hydrogen-bond donors (Lipinski definition) is 0. The highest BCUT2D eigenvalue weighted by atomic mass is 32.2. The Morgan fingerprint density at radius 1 is 1.13 bits per heavy atom. The number of thioether (sulfide) groups is 1. The van der Waals surface area contributed by atoms with Gasteiger partial charge in [0.2, 0.25) is 5.16 Å². The number of rotatable bonds is 5. The number of aromatic nitrogens is 7. The average molecular weight is 469 g/mol. The van der Waals surface area contributed by atoms with Gasteiger partial charge in [-0.05, 0) is 24.5 Å². The predicted octanol–water partition coefficient (Wildman–Crippen LogP) is 2.93. The minimum Gasteiger partial charge on any atom is -0.251 e. The molecule has 14 heteroatoms. The summed E-state index contributed by atoms with van der Waals surface area (Å²) in [5.41, 5.74) is -1.10. The molecular weight excluding hydrogens is 455 g/mol. The van der Waals surface area contributed by atoms with Crippen LogP contribution in [0, 0.1) is 0 Å². The van der Waals surface area contributed by atoms with Crippen LogP contribution in [0.2, 0.25) is 0 Å². The third kappa shape index (κ3) is 3.99. The third-order valence-corrected chi connectivity index (χ3v) is 6.63. The molecule has 0 fully saturated rings. The lowest BCUT2D eigenvalue weighted by atomic mass is 10.3. The fourth-order valence-electron chi connectivity index (χ4n) is 2.75. The normalized spacial score (nSPS) is 12.5. The minimum absolute atomic E-state index is 0.000186. The fraction of sp³-hybridized carbons (Fsp3) is 0.235. The minimum atomic E-state index is -4.63. The largest absolute Gasteiger partial charge is 0.433 e. The number of hydrogen-bond acceptors (Lipinski definition) is 8. The zero-order chi connectivity index (χ0) is 22.4. The standard InChI is InChI=1S/C17H14F3N7O2S2/c1-3-31(28,29)12-4-5-14(27-9-22-16(25-27)30-2)23-15(12)26-8-10-7-21-13(17(18,19)20)6-11(10)24-26/h4-9H,3H2,1-2H3. The van der Waals surface area contributed by atoms with E-state index in [9.17, 15) is 21.6 Å². The van der Waals surface area contributed by atoms with Gasteiger partial charge in [0.1, 0.15) is 16.9 Å². The van der Waals surface area contributed by atoms with Crippen LogP contribution in [0.1, 0.15) is 12.6 Å². The quantitative estimate of drug-likeness (QED) is 0.411. The van der Waals surface area contributed by atoms with Crippen LogP contribution in [0.4, 0.5) is 13.2 Å². The molecule has 0 radical (unpaired) electrons. The maximum Gasteiger partial charge on any atom is 0.433 e. The van der Waals surface area contributed by atoms with Gasteiger partial charge in [-0.25, -0.2) is 27.7 Å². The monoisotopic (exact) mass is 469 g/mol. The molecule has 162 valence electrons. The van der Waals surface area contributed by atoms with Crippen LogP contribution >= 0.6 is 11.8 Å². The second kappa shape index (κ2) is 7.60. The van der Waals surface area contributed by atoms with E-state index in [4.69, 9.17) is 0 Å². The average Bonchev–Trinajstić information content (AvgIpc) is 3.39. The number of nitrogens with zero attached hydrogens (tertiary/aromatic N) is 7. The molecule has 0 amide bonds. The number of fused-ring (bicyclic) bond motifs is 1. The Bertz CT molecular complexity index is 1380. The number of halogens is 3. The zero-order valence-electron chi connectivity index (χ0n) is 16.1. The summed E-state index contributed by atoms with van der Waals surface area (Å²) in [7, 11) is -3.71. The first-order valence-corrected chi connectivity index (χ1v) is 11.6. The molecule has 31 heavy (non-hydrogen) atoms. The van der Waals surface area contributed by atoms with Gasteiger partial charge in [0, 0.05) is 17.8 Å². The lowest BCUT2D eigenvalue weighted by Gasteiger charge is -2.10. The number of sulfone groups is 1. The Kier molecular flexibility index (Phi) is 5.21. The van der Waals surface area contributed by atoms with E-state index in [2.05, 4.69) is 25.1 Å². The van der Waals surface area contributed by atoms with Crippen molar-refractivity contribution in [3.05, 3.63) is 42.6 Å². The van der Waals surface area contributed by atoms with Crippen molar-refractivity contribution >= 4 is 32.5 Å². The summed E-state index contributed by atoms with van der Waals surface area (Å²) < 4.78 is 66.7. The second-order valence-corrected chi connectivity index (χ2v) is 9.29. The third-order valence-electron chi connectivity index (χ3n) is 4.32. The summed E-state index contributed by atoms with van der Waals surface area (Å²) in [5, 5.41) is 9.13. The second-order valence-electron chi connectivity index (χ2n) is 6.27. The van der Waals surface area contributed by atoms with E-state index < -0.39 is 21.7 Å². The highest BCUT2D eigenvalue weighted by Crippen LogP contribution is 2.30. The molecule has 4 rings (SSSR count). The Morgan fingerprint density at radius 2 is 1.90 bits per heavy atom. The summed E-state index contributed by atoms with van der Waals surface area (Å²) in [6, 6.07) is 3.63. The molecule has 0 aliphatic heterocycles. The van der Waals surface area contributed by atoms with Crippen LogP contribution in [0.5, 0.6) is 0 Å². The molecule has 4 heterocycles. The summed E-state index contributed by atoms with van der Waals surface area (Å²) in [6.07, 6.45) is 0.994. The summed E-state index contributed by atoms with van der Waals surface area (Å²) in [4.78, 5) is 11.8. The first-order valence-electron chi connectivity index (χ1n) is 8.75. The maximum absolute atomic E-state index is 13.0. The van der Waals surface area contributed by atoms with E-state index in [1.165, 1.54) is 48.0 Å². The Balaban J connectivity index is 1.91.